The van der Waals surface area contributed by atoms with E-state index in [1.165, 1.54) is 0 Å². The van der Waals surface area contributed by atoms with E-state index in [1.807, 2.05) is 106 Å². The molecule has 0 amide bonds. The van der Waals surface area contributed by atoms with Gasteiger partial charge in [-0.15, -0.1) is 0 Å². The van der Waals surface area contributed by atoms with E-state index in [0.29, 0.717) is 17.8 Å². The molecule has 0 aliphatic carbocycles. The summed E-state index contributed by atoms with van der Waals surface area (Å²) in [5.74, 6) is 1.98. The summed E-state index contributed by atoms with van der Waals surface area (Å²) in [6.45, 7) is 25.8. The predicted octanol–water partition coefficient (Wildman–Crippen LogP) is 12.1. The Morgan fingerprint density at radius 3 is 1.79 bits per heavy atom. The first kappa shape index (κ1) is 38.6. The Morgan fingerprint density at radius 1 is 0.689 bits per heavy atom. The maximum absolute atomic E-state index is 7.27. The van der Waals surface area contributed by atoms with Gasteiger partial charge in [0.25, 0.3) is 0 Å². The van der Waals surface area contributed by atoms with Crippen molar-refractivity contribution in [3.8, 4) is 44.5 Å². The third-order valence-corrected chi connectivity index (χ3v) is 11.4. The van der Waals surface area contributed by atoms with Crippen LogP contribution in [0, 0.1) is 27.0 Å². The molecule has 0 spiro atoms. The van der Waals surface area contributed by atoms with Gasteiger partial charge in [-0.05, 0) is 67.8 Å². The first-order valence-electron chi connectivity index (χ1n) is 20.0. The second kappa shape index (κ2) is 15.7. The van der Waals surface area contributed by atoms with Crippen molar-refractivity contribution >= 4 is 34.1 Å². The van der Waals surface area contributed by atoms with Crippen molar-refractivity contribution < 1.29 is 9.05 Å². The van der Waals surface area contributed by atoms with Crippen molar-refractivity contribution in [1.29, 1.82) is 0 Å². The molecule has 0 fully saturated rings. The third-order valence-electron chi connectivity index (χ3n) is 11.4. The molecular formula is C49H42N10O2. The van der Waals surface area contributed by atoms with Gasteiger partial charge < -0.3 is 18.8 Å². The summed E-state index contributed by atoms with van der Waals surface area (Å²) in [5.41, 5.74) is 16.6. The van der Waals surface area contributed by atoms with Gasteiger partial charge in [0.05, 0.1) is 42.6 Å². The fraction of sp³-hybridized carbons (Fsp3) is 0.184. The van der Waals surface area contributed by atoms with Crippen LogP contribution in [0.15, 0.2) is 131 Å². The minimum absolute atomic E-state index is 0.214. The van der Waals surface area contributed by atoms with E-state index in [1.54, 1.807) is 4.68 Å². The summed E-state index contributed by atoms with van der Waals surface area (Å²) in [6.07, 6.45) is 9.27. The van der Waals surface area contributed by atoms with Gasteiger partial charge in [0.1, 0.15) is 5.76 Å². The highest BCUT2D eigenvalue weighted by atomic mass is 16.5. The average Bonchev–Trinajstić information content (AvgIpc) is 4.06. The molecule has 300 valence electrons. The Hall–Kier alpha value is -7.96. The summed E-state index contributed by atoms with van der Waals surface area (Å²) in [6, 6.07) is 28.3. The first-order valence-corrected chi connectivity index (χ1v) is 20.0. The molecule has 0 N–H and O–H groups in total. The average molecular weight is 803 g/mol. The molecule has 4 aromatic carbocycles. The molecule has 12 nitrogen and oxygen atoms in total. The lowest BCUT2D eigenvalue weighted by molar-refractivity contribution is 0.356. The van der Waals surface area contributed by atoms with Crippen LogP contribution in [0.5, 0.6) is 0 Å². The van der Waals surface area contributed by atoms with Crippen LogP contribution in [-0.4, -0.2) is 36.4 Å². The molecule has 10 rings (SSSR count). The van der Waals surface area contributed by atoms with Crippen LogP contribution >= 0.6 is 0 Å². The van der Waals surface area contributed by atoms with Gasteiger partial charge in [-0.25, -0.2) is 9.69 Å². The standard InChI is InChI=1S/C25H23N5O.C24H19N5O/c1-5-17-15-30(21-9-7-20(26-3)8-10-21)23-12-18(19-13-27-29(4)14-19)6-11-22(23)24-16(2)28-31-25(17)24;1-15-11-23-24(16(2)27-30-23)21-10-5-17(18-13-26-28(4)14-18)12-22(21)29(15)20-8-6-19(25-3)7-9-20/h6-14,17H,5,15H2,1-2,4H3;5-10,12-14H,1,11H2,2,4H3. The lowest BCUT2D eigenvalue weighted by atomic mass is 9.95. The molecule has 0 bridgehead atoms. The summed E-state index contributed by atoms with van der Waals surface area (Å²) in [5, 5.41) is 17.1. The highest BCUT2D eigenvalue weighted by Gasteiger charge is 2.32. The van der Waals surface area contributed by atoms with Crippen LogP contribution in [0.25, 0.3) is 54.2 Å². The van der Waals surface area contributed by atoms with Crippen LogP contribution in [0.2, 0.25) is 0 Å². The Kier molecular flexibility index (Phi) is 9.90. The molecule has 4 aromatic heterocycles. The van der Waals surface area contributed by atoms with E-state index in [-0.39, 0.29) is 5.92 Å². The number of rotatable bonds is 5. The normalized spacial score (nSPS) is 14.0. The Balaban J connectivity index is 0.000000156. The molecule has 61 heavy (non-hydrogen) atoms. The zero-order chi connectivity index (χ0) is 42.4. The monoisotopic (exact) mass is 802 g/mol. The summed E-state index contributed by atoms with van der Waals surface area (Å²) in [7, 11) is 3.84. The van der Waals surface area contributed by atoms with Gasteiger partial charge in [-0.1, -0.05) is 72.3 Å². The zero-order valence-corrected chi connectivity index (χ0v) is 34.6. The number of hydrogen-bond donors (Lipinski definition) is 0. The Bertz CT molecular complexity index is 3020. The molecule has 1 atom stereocenters. The van der Waals surface area contributed by atoms with Crippen molar-refractivity contribution in [2.45, 2.75) is 39.5 Å². The number of anilines is 4. The van der Waals surface area contributed by atoms with Gasteiger partial charge in [-0.3, -0.25) is 9.36 Å². The summed E-state index contributed by atoms with van der Waals surface area (Å²) in [4.78, 5) is 11.5. The van der Waals surface area contributed by atoms with E-state index >= 15 is 0 Å². The topological polar surface area (TPSA) is 103 Å². The van der Waals surface area contributed by atoms with Crippen LogP contribution < -0.4 is 9.80 Å². The Morgan fingerprint density at radius 2 is 1.23 bits per heavy atom. The number of benzene rings is 4. The number of aromatic nitrogens is 6. The quantitative estimate of drug-likeness (QED) is 0.159. The molecule has 0 saturated carbocycles. The number of hydrogen-bond acceptors (Lipinski definition) is 8. The zero-order valence-electron chi connectivity index (χ0n) is 34.6. The summed E-state index contributed by atoms with van der Waals surface area (Å²) >= 11 is 0. The van der Waals surface area contributed by atoms with E-state index in [4.69, 9.17) is 22.2 Å². The van der Waals surface area contributed by atoms with Gasteiger partial charge in [-0.2, -0.15) is 10.2 Å². The maximum atomic E-state index is 7.27. The van der Waals surface area contributed by atoms with Crippen molar-refractivity contribution in [2.24, 2.45) is 14.1 Å². The van der Waals surface area contributed by atoms with Crippen molar-refractivity contribution in [3.05, 3.63) is 168 Å². The Labute approximate surface area is 354 Å². The lowest BCUT2D eigenvalue weighted by Gasteiger charge is -2.28. The highest BCUT2D eigenvalue weighted by Crippen LogP contribution is 2.48. The van der Waals surface area contributed by atoms with E-state index in [2.05, 4.69) is 89.9 Å². The molecule has 0 radical (unpaired) electrons. The van der Waals surface area contributed by atoms with Crippen molar-refractivity contribution in [2.75, 3.05) is 16.3 Å². The van der Waals surface area contributed by atoms with Crippen LogP contribution in [0.1, 0.15) is 42.2 Å². The minimum atomic E-state index is 0.214. The number of nitrogens with zero attached hydrogens (tertiary/aromatic N) is 10. The van der Waals surface area contributed by atoms with E-state index < -0.39 is 0 Å². The molecule has 2 aliphatic rings. The molecule has 0 saturated heterocycles. The lowest BCUT2D eigenvalue weighted by Crippen LogP contribution is -2.22. The van der Waals surface area contributed by atoms with Crippen molar-refractivity contribution in [1.82, 2.24) is 29.9 Å². The van der Waals surface area contributed by atoms with Crippen molar-refractivity contribution in [3.63, 3.8) is 0 Å². The van der Waals surface area contributed by atoms with Gasteiger partial charge in [0, 0.05) is 102 Å². The number of fused-ring (bicyclic) bond motifs is 6. The van der Waals surface area contributed by atoms with E-state index in [9.17, 15) is 0 Å². The molecule has 1 unspecified atom stereocenters. The fourth-order valence-electron chi connectivity index (χ4n) is 8.37. The second-order valence-electron chi connectivity index (χ2n) is 15.4. The molecular weight excluding hydrogens is 761 g/mol. The van der Waals surface area contributed by atoms with Gasteiger partial charge in [0.2, 0.25) is 0 Å². The molecule has 12 heteroatoms. The molecule has 2 aliphatic heterocycles. The maximum Gasteiger partial charge on any atom is 0.187 e. The van der Waals surface area contributed by atoms with Gasteiger partial charge in [0.15, 0.2) is 17.1 Å². The highest BCUT2D eigenvalue weighted by molar-refractivity contribution is 5.91. The fourth-order valence-corrected chi connectivity index (χ4v) is 8.37. The third kappa shape index (κ3) is 7.04. The number of aryl methyl sites for hydroxylation is 4. The van der Waals surface area contributed by atoms with Crippen LogP contribution in [-0.2, 0) is 20.5 Å². The number of allylic oxidation sites excluding steroid dienone is 1. The second-order valence-corrected chi connectivity index (χ2v) is 15.4. The summed E-state index contributed by atoms with van der Waals surface area (Å²) < 4.78 is 15.1. The molecule has 8 aromatic rings. The van der Waals surface area contributed by atoms with E-state index in [0.717, 1.165) is 109 Å². The van der Waals surface area contributed by atoms with Gasteiger partial charge >= 0.3 is 0 Å². The first-order chi connectivity index (χ1) is 29.6. The predicted molar refractivity (Wildman–Crippen MR) is 238 cm³/mol. The SMILES string of the molecule is [C-]#[N+]c1ccc(N2C(=C)Cc3onc(C)c3-c3ccc(-c4cnn(C)c4)cc32)cc1.[C-]#[N+]c1ccc(N2CC(CC)c3onc(C)c3-c3ccc(-c4cnn(C)c4)cc32)cc1. The smallest absolute Gasteiger partial charge is 0.187 e. The largest absolute Gasteiger partial charge is 0.360 e. The minimum Gasteiger partial charge on any atom is -0.360 e. The van der Waals surface area contributed by atoms with Crippen LogP contribution in [0.3, 0.4) is 0 Å². The van der Waals surface area contributed by atoms with Crippen LogP contribution in [0.4, 0.5) is 34.1 Å². The molecule has 6 heterocycles.